The summed E-state index contributed by atoms with van der Waals surface area (Å²) in [4.78, 5) is 26.6. The van der Waals surface area contributed by atoms with Crippen molar-refractivity contribution in [3.63, 3.8) is 0 Å². The molecule has 0 aliphatic carbocycles. The third-order valence-electron chi connectivity index (χ3n) is 5.85. The van der Waals surface area contributed by atoms with Crippen molar-refractivity contribution in [3.05, 3.63) is 124 Å². The number of methoxy groups -OCH3 is 1. The number of carbonyl (C=O) groups excluding carboxylic acids is 2. The van der Waals surface area contributed by atoms with Crippen LogP contribution in [0.3, 0.4) is 0 Å². The first-order chi connectivity index (χ1) is 18.7. The molecule has 4 aromatic rings. The van der Waals surface area contributed by atoms with Crippen LogP contribution in [0.5, 0.6) is 5.75 Å². The molecule has 0 spiro atoms. The number of nitrogens with one attached hydrogen (secondary N) is 2. The van der Waals surface area contributed by atoms with E-state index in [2.05, 4.69) is 10.0 Å². The Morgan fingerprint density at radius 2 is 1.54 bits per heavy atom. The number of carbonyl (C=O) groups is 2. The molecule has 0 aromatic heterocycles. The van der Waals surface area contributed by atoms with E-state index in [1.54, 1.807) is 54.6 Å². The van der Waals surface area contributed by atoms with Gasteiger partial charge in [0.1, 0.15) is 11.8 Å². The zero-order valence-electron chi connectivity index (χ0n) is 20.7. The zero-order chi connectivity index (χ0) is 28.0. The number of hydrogen-bond acceptors (Lipinski definition) is 5. The topological polar surface area (TPSA) is 102 Å². The van der Waals surface area contributed by atoms with Crippen molar-refractivity contribution in [1.29, 1.82) is 0 Å². The molecule has 7 nitrogen and oxygen atoms in total. The fourth-order valence-corrected chi connectivity index (χ4v) is 5.60. The van der Waals surface area contributed by atoms with Gasteiger partial charge in [0, 0.05) is 16.1 Å². The molecule has 0 heterocycles. The maximum absolute atomic E-state index is 13.6. The summed E-state index contributed by atoms with van der Waals surface area (Å²) in [5.74, 6) is -0.694. The van der Waals surface area contributed by atoms with E-state index in [1.165, 1.54) is 43.5 Å². The molecule has 4 rings (SSSR count). The van der Waals surface area contributed by atoms with Gasteiger partial charge in [0.15, 0.2) is 5.78 Å². The van der Waals surface area contributed by atoms with Gasteiger partial charge in [-0.05, 0) is 48.4 Å². The molecule has 0 saturated heterocycles. The number of halogens is 2. The zero-order valence-corrected chi connectivity index (χ0v) is 23.1. The fraction of sp³-hybridized carbons (Fsp3) is 0.103. The fourth-order valence-electron chi connectivity index (χ4n) is 3.89. The highest BCUT2D eigenvalue weighted by Gasteiger charge is 2.28. The third kappa shape index (κ3) is 7.04. The van der Waals surface area contributed by atoms with Crippen LogP contribution in [0.2, 0.25) is 10.0 Å². The van der Waals surface area contributed by atoms with Crippen LogP contribution in [0, 0.1) is 0 Å². The number of anilines is 1. The normalized spacial score (nSPS) is 12.0. The van der Waals surface area contributed by atoms with Crippen LogP contribution in [0.15, 0.2) is 102 Å². The van der Waals surface area contributed by atoms with Crippen molar-refractivity contribution < 1.29 is 22.7 Å². The molecular formula is C29H24Cl2N2O5S. The first-order valence-corrected chi connectivity index (χ1v) is 14.0. The minimum absolute atomic E-state index is 0.0470. The Bertz CT molecular complexity index is 1600. The Kier molecular flexibility index (Phi) is 9.04. The summed E-state index contributed by atoms with van der Waals surface area (Å²) in [6.45, 7) is 0. The summed E-state index contributed by atoms with van der Waals surface area (Å²) in [6, 6.07) is 24.8. The maximum Gasteiger partial charge on any atom is 0.242 e. The number of rotatable bonds is 10. The molecule has 0 fully saturated rings. The van der Waals surface area contributed by atoms with Crippen LogP contribution in [-0.4, -0.2) is 33.3 Å². The van der Waals surface area contributed by atoms with Gasteiger partial charge in [-0.2, -0.15) is 4.72 Å². The molecule has 0 saturated carbocycles. The highest BCUT2D eigenvalue weighted by atomic mass is 35.5. The van der Waals surface area contributed by atoms with E-state index in [4.69, 9.17) is 27.9 Å². The second-order valence-corrected chi connectivity index (χ2v) is 11.1. The van der Waals surface area contributed by atoms with E-state index in [9.17, 15) is 18.0 Å². The molecule has 10 heteroatoms. The number of hydrogen-bond donors (Lipinski definition) is 2. The number of ketones is 1. The molecule has 0 bridgehead atoms. The molecule has 1 unspecified atom stereocenters. The quantitative estimate of drug-likeness (QED) is 0.231. The number of sulfonamides is 1. The van der Waals surface area contributed by atoms with E-state index < -0.39 is 22.0 Å². The first-order valence-electron chi connectivity index (χ1n) is 11.8. The molecule has 1 atom stereocenters. The lowest BCUT2D eigenvalue weighted by molar-refractivity contribution is -0.117. The van der Waals surface area contributed by atoms with Crippen molar-refractivity contribution in [2.24, 2.45) is 0 Å². The maximum atomic E-state index is 13.6. The molecule has 1 amide bonds. The highest BCUT2D eigenvalue weighted by molar-refractivity contribution is 7.89. The van der Waals surface area contributed by atoms with Gasteiger partial charge >= 0.3 is 0 Å². The smallest absolute Gasteiger partial charge is 0.242 e. The van der Waals surface area contributed by atoms with Crippen LogP contribution >= 0.6 is 23.2 Å². The van der Waals surface area contributed by atoms with E-state index >= 15 is 0 Å². The van der Waals surface area contributed by atoms with Crippen molar-refractivity contribution in [2.75, 3.05) is 12.4 Å². The summed E-state index contributed by atoms with van der Waals surface area (Å²) >= 11 is 12.3. The third-order valence-corrected chi connectivity index (χ3v) is 7.85. The van der Waals surface area contributed by atoms with Crippen molar-refractivity contribution >= 4 is 50.6 Å². The molecule has 4 aromatic carbocycles. The largest absolute Gasteiger partial charge is 0.495 e. The number of ether oxygens (including phenoxy) is 1. The minimum atomic E-state index is -4.18. The van der Waals surface area contributed by atoms with E-state index in [1.807, 2.05) is 6.07 Å². The Morgan fingerprint density at radius 3 is 2.18 bits per heavy atom. The van der Waals surface area contributed by atoms with Gasteiger partial charge < -0.3 is 10.1 Å². The van der Waals surface area contributed by atoms with Crippen LogP contribution in [0.1, 0.15) is 21.5 Å². The lowest BCUT2D eigenvalue weighted by Crippen LogP contribution is -2.45. The van der Waals surface area contributed by atoms with Gasteiger partial charge in [0.2, 0.25) is 15.9 Å². The molecule has 200 valence electrons. The lowest BCUT2D eigenvalue weighted by Gasteiger charge is -2.20. The average molecular weight is 583 g/mol. The predicted molar refractivity (Wildman–Crippen MR) is 152 cm³/mol. The molecule has 39 heavy (non-hydrogen) atoms. The van der Waals surface area contributed by atoms with Gasteiger partial charge in [-0.15, -0.1) is 0 Å². The van der Waals surface area contributed by atoms with Crippen molar-refractivity contribution in [3.8, 4) is 5.75 Å². The monoisotopic (exact) mass is 582 g/mol. The molecular weight excluding hydrogens is 559 g/mol. The van der Waals surface area contributed by atoms with Crippen LogP contribution in [0.25, 0.3) is 0 Å². The van der Waals surface area contributed by atoms with E-state index in [0.717, 1.165) is 5.56 Å². The van der Waals surface area contributed by atoms with Crippen LogP contribution in [0.4, 0.5) is 5.69 Å². The highest BCUT2D eigenvalue weighted by Crippen LogP contribution is 2.28. The molecule has 0 aliphatic heterocycles. The standard InChI is InChI=1S/C29H24Cl2N2O5S/c1-38-27-15-13-22(18-24(27)31)39(36,37)33-26(16-19-8-4-2-5-9-19)29(35)32-25-14-12-21(30)17-23(25)28(34)20-10-6-3-7-11-20/h2-15,17-18,26,33H,16H2,1H3,(H,32,35). The lowest BCUT2D eigenvalue weighted by atomic mass is 10.0. The van der Waals surface area contributed by atoms with E-state index in [0.29, 0.717) is 16.3 Å². The summed E-state index contributed by atoms with van der Waals surface area (Å²) in [7, 11) is -2.76. The number of benzene rings is 4. The first kappa shape index (κ1) is 28.3. The van der Waals surface area contributed by atoms with Crippen molar-refractivity contribution in [1.82, 2.24) is 4.72 Å². The summed E-state index contributed by atoms with van der Waals surface area (Å²) < 4.78 is 34.2. The number of amides is 1. The van der Waals surface area contributed by atoms with Crippen LogP contribution < -0.4 is 14.8 Å². The van der Waals surface area contributed by atoms with Gasteiger partial charge in [-0.1, -0.05) is 83.9 Å². The Labute approximate surface area is 236 Å². The second-order valence-electron chi connectivity index (χ2n) is 8.53. The average Bonchev–Trinajstić information content (AvgIpc) is 2.94. The van der Waals surface area contributed by atoms with Gasteiger partial charge in [0.25, 0.3) is 0 Å². The minimum Gasteiger partial charge on any atom is -0.495 e. The Hall–Kier alpha value is -3.69. The van der Waals surface area contributed by atoms with Crippen LogP contribution in [-0.2, 0) is 21.2 Å². The Morgan fingerprint density at radius 1 is 0.872 bits per heavy atom. The summed E-state index contributed by atoms with van der Waals surface area (Å²) in [5.41, 5.74) is 1.51. The molecule has 2 N–H and O–H groups in total. The second kappa shape index (κ2) is 12.4. The summed E-state index contributed by atoms with van der Waals surface area (Å²) in [6.07, 6.45) is 0.0470. The van der Waals surface area contributed by atoms with Gasteiger partial charge in [-0.3, -0.25) is 9.59 Å². The predicted octanol–water partition coefficient (Wildman–Crippen LogP) is 5.76. The Balaban J connectivity index is 1.66. The summed E-state index contributed by atoms with van der Waals surface area (Å²) in [5, 5.41) is 3.14. The van der Waals surface area contributed by atoms with Gasteiger partial charge in [-0.25, -0.2) is 8.42 Å². The van der Waals surface area contributed by atoms with E-state index in [-0.39, 0.29) is 33.4 Å². The molecule has 0 radical (unpaired) electrons. The molecule has 0 aliphatic rings. The van der Waals surface area contributed by atoms with Crippen molar-refractivity contribution in [2.45, 2.75) is 17.4 Å². The van der Waals surface area contributed by atoms with Gasteiger partial charge in [0.05, 0.1) is 22.7 Å². The SMILES string of the molecule is COc1ccc(S(=O)(=O)NC(Cc2ccccc2)C(=O)Nc2ccc(Cl)cc2C(=O)c2ccccc2)cc1Cl.